The number of rotatable bonds is 4. The van der Waals surface area contributed by atoms with Crippen molar-refractivity contribution in [2.45, 2.75) is 19.9 Å². The standard InChI is InChI=1S/C20H23N3O4/c1-14(2)21-18(24)15-5-3-6-16(13-15)19(25)22-8-10-23(11-9-22)20(26)17-7-4-12-27-17/h3-7,12-14H,8-11H2,1-2H3,(H,21,24). The summed E-state index contributed by atoms with van der Waals surface area (Å²) in [5.41, 5.74) is 0.929. The maximum absolute atomic E-state index is 12.8. The molecule has 0 spiro atoms. The summed E-state index contributed by atoms with van der Waals surface area (Å²) in [7, 11) is 0. The molecule has 0 saturated carbocycles. The van der Waals surface area contributed by atoms with Gasteiger partial charge in [0.2, 0.25) is 0 Å². The second-order valence-electron chi connectivity index (χ2n) is 6.77. The van der Waals surface area contributed by atoms with Gasteiger partial charge in [-0.25, -0.2) is 0 Å². The molecule has 3 rings (SSSR count). The van der Waals surface area contributed by atoms with Crippen molar-refractivity contribution in [3.63, 3.8) is 0 Å². The van der Waals surface area contributed by atoms with Gasteiger partial charge in [0.05, 0.1) is 6.26 Å². The zero-order chi connectivity index (χ0) is 19.4. The van der Waals surface area contributed by atoms with Gasteiger partial charge in [-0.1, -0.05) is 6.07 Å². The molecule has 0 atom stereocenters. The molecule has 1 aromatic heterocycles. The lowest BCUT2D eigenvalue weighted by molar-refractivity contribution is 0.0518. The Morgan fingerprint density at radius 1 is 0.926 bits per heavy atom. The Kier molecular flexibility index (Phi) is 5.59. The summed E-state index contributed by atoms with van der Waals surface area (Å²) in [5, 5.41) is 2.82. The van der Waals surface area contributed by atoms with E-state index in [1.165, 1.54) is 6.26 Å². The van der Waals surface area contributed by atoms with Crippen LogP contribution >= 0.6 is 0 Å². The number of hydrogen-bond donors (Lipinski definition) is 1. The third-order valence-corrected chi connectivity index (χ3v) is 4.38. The van der Waals surface area contributed by atoms with E-state index in [0.29, 0.717) is 43.1 Å². The fourth-order valence-electron chi connectivity index (χ4n) is 2.99. The first-order valence-corrected chi connectivity index (χ1v) is 8.98. The lowest BCUT2D eigenvalue weighted by Crippen LogP contribution is -2.50. The van der Waals surface area contributed by atoms with E-state index in [1.54, 1.807) is 46.2 Å². The number of nitrogens with one attached hydrogen (secondary N) is 1. The molecule has 27 heavy (non-hydrogen) atoms. The minimum Gasteiger partial charge on any atom is -0.459 e. The number of benzene rings is 1. The molecule has 3 amide bonds. The molecule has 0 bridgehead atoms. The number of piperazine rings is 1. The summed E-state index contributed by atoms with van der Waals surface area (Å²) in [6.07, 6.45) is 1.47. The third kappa shape index (κ3) is 4.36. The maximum Gasteiger partial charge on any atom is 0.289 e. The molecule has 7 nitrogen and oxygen atoms in total. The van der Waals surface area contributed by atoms with E-state index in [2.05, 4.69) is 5.32 Å². The Labute approximate surface area is 157 Å². The van der Waals surface area contributed by atoms with Crippen LogP contribution in [0.3, 0.4) is 0 Å². The van der Waals surface area contributed by atoms with Gasteiger partial charge in [0, 0.05) is 43.3 Å². The molecule has 1 aromatic carbocycles. The van der Waals surface area contributed by atoms with Crippen LogP contribution in [-0.4, -0.2) is 59.7 Å². The molecule has 0 radical (unpaired) electrons. The lowest BCUT2D eigenvalue weighted by Gasteiger charge is -2.34. The lowest BCUT2D eigenvalue weighted by atomic mass is 10.1. The SMILES string of the molecule is CC(C)NC(=O)c1cccc(C(=O)N2CCN(C(=O)c3ccco3)CC2)c1. The Morgan fingerprint density at radius 3 is 2.15 bits per heavy atom. The van der Waals surface area contributed by atoms with Crippen LogP contribution in [-0.2, 0) is 0 Å². The summed E-state index contributed by atoms with van der Waals surface area (Å²) < 4.78 is 5.15. The molecule has 0 aliphatic carbocycles. The minimum atomic E-state index is -0.200. The molecule has 1 fully saturated rings. The zero-order valence-electron chi connectivity index (χ0n) is 15.5. The molecular weight excluding hydrogens is 346 g/mol. The highest BCUT2D eigenvalue weighted by molar-refractivity contribution is 6.00. The van der Waals surface area contributed by atoms with Crippen LogP contribution in [0.25, 0.3) is 0 Å². The van der Waals surface area contributed by atoms with Crippen LogP contribution in [0.1, 0.15) is 45.1 Å². The Bertz CT molecular complexity index is 822. The molecule has 2 heterocycles. The van der Waals surface area contributed by atoms with E-state index >= 15 is 0 Å². The van der Waals surface area contributed by atoms with Gasteiger partial charge < -0.3 is 19.5 Å². The monoisotopic (exact) mass is 369 g/mol. The topological polar surface area (TPSA) is 82.9 Å². The zero-order valence-corrected chi connectivity index (χ0v) is 15.5. The molecule has 1 aliphatic heterocycles. The van der Waals surface area contributed by atoms with Gasteiger partial charge in [0.25, 0.3) is 17.7 Å². The van der Waals surface area contributed by atoms with Crippen molar-refractivity contribution >= 4 is 17.7 Å². The average Bonchev–Trinajstić information content (AvgIpc) is 3.21. The Hall–Kier alpha value is -3.09. The van der Waals surface area contributed by atoms with Gasteiger partial charge in [0.15, 0.2) is 5.76 Å². The normalized spacial score (nSPS) is 14.3. The van der Waals surface area contributed by atoms with E-state index in [0.717, 1.165) is 0 Å². The van der Waals surface area contributed by atoms with Crippen molar-refractivity contribution in [1.82, 2.24) is 15.1 Å². The number of amides is 3. The molecule has 1 aliphatic rings. The highest BCUT2D eigenvalue weighted by Gasteiger charge is 2.26. The molecule has 7 heteroatoms. The largest absolute Gasteiger partial charge is 0.459 e. The smallest absolute Gasteiger partial charge is 0.289 e. The summed E-state index contributed by atoms with van der Waals surface area (Å²) in [6.45, 7) is 5.53. The molecule has 142 valence electrons. The summed E-state index contributed by atoms with van der Waals surface area (Å²) in [6, 6.07) is 10.0. The highest BCUT2D eigenvalue weighted by Crippen LogP contribution is 2.13. The van der Waals surface area contributed by atoms with Gasteiger partial charge in [-0.15, -0.1) is 0 Å². The fourth-order valence-corrected chi connectivity index (χ4v) is 2.99. The highest BCUT2D eigenvalue weighted by atomic mass is 16.3. The van der Waals surface area contributed by atoms with Crippen molar-refractivity contribution in [1.29, 1.82) is 0 Å². The number of carbonyl (C=O) groups excluding carboxylic acids is 3. The molecule has 2 aromatic rings. The van der Waals surface area contributed by atoms with Crippen LogP contribution in [0.15, 0.2) is 47.1 Å². The molecule has 1 saturated heterocycles. The molecule has 0 unspecified atom stereocenters. The average molecular weight is 369 g/mol. The number of hydrogen-bond acceptors (Lipinski definition) is 4. The second-order valence-corrected chi connectivity index (χ2v) is 6.77. The van der Waals surface area contributed by atoms with Crippen LogP contribution in [0.4, 0.5) is 0 Å². The number of nitrogens with zero attached hydrogens (tertiary/aromatic N) is 2. The van der Waals surface area contributed by atoms with E-state index < -0.39 is 0 Å². The third-order valence-electron chi connectivity index (χ3n) is 4.38. The van der Waals surface area contributed by atoms with Crippen LogP contribution in [0.5, 0.6) is 0 Å². The van der Waals surface area contributed by atoms with E-state index in [4.69, 9.17) is 4.42 Å². The van der Waals surface area contributed by atoms with E-state index in [9.17, 15) is 14.4 Å². The molecule has 1 N–H and O–H groups in total. The Morgan fingerprint density at radius 2 is 1.56 bits per heavy atom. The van der Waals surface area contributed by atoms with Crippen molar-refractivity contribution in [2.24, 2.45) is 0 Å². The van der Waals surface area contributed by atoms with Crippen molar-refractivity contribution in [2.75, 3.05) is 26.2 Å². The van der Waals surface area contributed by atoms with Crippen LogP contribution in [0.2, 0.25) is 0 Å². The number of carbonyl (C=O) groups is 3. The predicted molar refractivity (Wildman–Crippen MR) is 99.6 cm³/mol. The van der Waals surface area contributed by atoms with Gasteiger partial charge in [-0.3, -0.25) is 14.4 Å². The van der Waals surface area contributed by atoms with Crippen molar-refractivity contribution in [3.8, 4) is 0 Å². The predicted octanol–water partition coefficient (Wildman–Crippen LogP) is 2.02. The van der Waals surface area contributed by atoms with Crippen molar-refractivity contribution < 1.29 is 18.8 Å². The van der Waals surface area contributed by atoms with E-state index in [1.807, 2.05) is 13.8 Å². The van der Waals surface area contributed by atoms with Gasteiger partial charge >= 0.3 is 0 Å². The summed E-state index contributed by atoms with van der Waals surface area (Å²) in [4.78, 5) is 40.6. The fraction of sp³-hybridized carbons (Fsp3) is 0.350. The second kappa shape index (κ2) is 8.07. The molecular formula is C20H23N3O4. The maximum atomic E-state index is 12.8. The van der Waals surface area contributed by atoms with Gasteiger partial charge in [0.1, 0.15) is 0 Å². The van der Waals surface area contributed by atoms with Crippen molar-refractivity contribution in [3.05, 3.63) is 59.5 Å². The minimum absolute atomic E-state index is 0.0247. The van der Waals surface area contributed by atoms with E-state index in [-0.39, 0.29) is 23.8 Å². The summed E-state index contributed by atoms with van der Waals surface area (Å²) >= 11 is 0. The van der Waals surface area contributed by atoms with Crippen LogP contribution in [0, 0.1) is 0 Å². The van der Waals surface area contributed by atoms with Gasteiger partial charge in [-0.2, -0.15) is 0 Å². The summed E-state index contributed by atoms with van der Waals surface area (Å²) in [5.74, 6) is -0.203. The number of furan rings is 1. The quantitative estimate of drug-likeness (QED) is 0.894. The first-order valence-electron chi connectivity index (χ1n) is 8.98. The first-order chi connectivity index (χ1) is 13.0. The van der Waals surface area contributed by atoms with Crippen LogP contribution < -0.4 is 5.32 Å². The van der Waals surface area contributed by atoms with Gasteiger partial charge in [-0.05, 0) is 44.2 Å². The Balaban J connectivity index is 1.62. The first kappa shape index (κ1) is 18.7.